The molecule has 4 nitrogen and oxygen atoms in total. The van der Waals surface area contributed by atoms with Crippen molar-refractivity contribution in [3.05, 3.63) is 23.8 Å². The van der Waals surface area contributed by atoms with Crippen LogP contribution in [-0.2, 0) is 4.79 Å². The highest BCUT2D eigenvalue weighted by Gasteiger charge is 2.07. The van der Waals surface area contributed by atoms with Crippen LogP contribution in [0.4, 0.5) is 5.69 Å². The van der Waals surface area contributed by atoms with E-state index < -0.39 is 0 Å². The molecule has 0 aliphatic carbocycles. The third kappa shape index (κ3) is 4.44. The number of amides is 1. The molecule has 0 saturated carbocycles. The molecule has 94 valence electrons. The van der Waals surface area contributed by atoms with Gasteiger partial charge in [0, 0.05) is 6.04 Å². The molecule has 0 bridgehead atoms. The summed E-state index contributed by atoms with van der Waals surface area (Å²) in [6.45, 7) is 6.24. The summed E-state index contributed by atoms with van der Waals surface area (Å²) in [7, 11) is 0. The zero-order chi connectivity index (χ0) is 12.8. The van der Waals surface area contributed by atoms with Crippen molar-refractivity contribution in [1.29, 1.82) is 0 Å². The fraction of sp³-hybridized carbons (Fsp3) is 0.462. The minimum absolute atomic E-state index is 0.0903. The van der Waals surface area contributed by atoms with E-state index in [2.05, 4.69) is 17.6 Å². The van der Waals surface area contributed by atoms with Crippen molar-refractivity contribution in [2.45, 2.75) is 33.2 Å². The van der Waals surface area contributed by atoms with Gasteiger partial charge in [0.25, 0.3) is 0 Å². The Kier molecular flexibility index (Phi) is 4.97. The van der Waals surface area contributed by atoms with Gasteiger partial charge in [-0.3, -0.25) is 4.79 Å². The summed E-state index contributed by atoms with van der Waals surface area (Å²) in [6.07, 6.45) is 0.975. The number of hydrogen-bond acceptors (Lipinski definition) is 3. The lowest BCUT2D eigenvalue weighted by molar-refractivity contribution is -0.115. The van der Waals surface area contributed by atoms with Gasteiger partial charge in [-0.2, -0.15) is 0 Å². The molecule has 0 spiro atoms. The van der Waals surface area contributed by atoms with Crippen LogP contribution in [0, 0.1) is 6.92 Å². The molecule has 0 aliphatic heterocycles. The van der Waals surface area contributed by atoms with Crippen molar-refractivity contribution < 1.29 is 9.90 Å². The summed E-state index contributed by atoms with van der Waals surface area (Å²) in [5, 5.41) is 15.3. The number of hydrogen-bond donors (Lipinski definition) is 3. The summed E-state index contributed by atoms with van der Waals surface area (Å²) < 4.78 is 0. The fourth-order valence-corrected chi connectivity index (χ4v) is 1.36. The minimum Gasteiger partial charge on any atom is -0.506 e. The predicted molar refractivity (Wildman–Crippen MR) is 69.2 cm³/mol. The van der Waals surface area contributed by atoms with Crippen LogP contribution in [-0.4, -0.2) is 23.6 Å². The molecule has 0 aliphatic rings. The maximum atomic E-state index is 11.6. The first kappa shape index (κ1) is 13.5. The van der Waals surface area contributed by atoms with E-state index in [9.17, 15) is 9.90 Å². The van der Waals surface area contributed by atoms with Gasteiger partial charge in [0.1, 0.15) is 5.75 Å². The van der Waals surface area contributed by atoms with Crippen LogP contribution in [0.25, 0.3) is 0 Å². The molecule has 1 unspecified atom stereocenters. The lowest BCUT2D eigenvalue weighted by atomic mass is 10.2. The van der Waals surface area contributed by atoms with E-state index in [1.54, 1.807) is 18.2 Å². The summed E-state index contributed by atoms with van der Waals surface area (Å²) in [4.78, 5) is 11.6. The first-order valence-electron chi connectivity index (χ1n) is 5.85. The summed E-state index contributed by atoms with van der Waals surface area (Å²) in [6, 6.07) is 5.43. The number of phenolic OH excluding ortho intramolecular Hbond substituents is 1. The van der Waals surface area contributed by atoms with Gasteiger partial charge >= 0.3 is 0 Å². The molecule has 1 amide bonds. The molecule has 0 heterocycles. The molecule has 17 heavy (non-hydrogen) atoms. The normalized spacial score (nSPS) is 12.2. The van der Waals surface area contributed by atoms with E-state index in [4.69, 9.17) is 0 Å². The Labute approximate surface area is 102 Å². The molecular formula is C13H20N2O2. The van der Waals surface area contributed by atoms with Crippen molar-refractivity contribution in [3.8, 4) is 5.75 Å². The fourth-order valence-electron chi connectivity index (χ4n) is 1.36. The lowest BCUT2D eigenvalue weighted by Gasteiger charge is -2.12. The molecule has 1 aromatic rings. The molecule has 0 radical (unpaired) electrons. The number of rotatable bonds is 5. The largest absolute Gasteiger partial charge is 0.506 e. The number of carbonyl (C=O) groups excluding carboxylic acids is 1. The van der Waals surface area contributed by atoms with Crippen molar-refractivity contribution in [2.24, 2.45) is 0 Å². The van der Waals surface area contributed by atoms with Gasteiger partial charge in [0.15, 0.2) is 0 Å². The number of phenols is 1. The monoisotopic (exact) mass is 236 g/mol. The van der Waals surface area contributed by atoms with E-state index in [0.29, 0.717) is 11.7 Å². The van der Waals surface area contributed by atoms with Crippen LogP contribution in [0.3, 0.4) is 0 Å². The van der Waals surface area contributed by atoms with Crippen LogP contribution >= 0.6 is 0 Å². The van der Waals surface area contributed by atoms with Gasteiger partial charge in [-0.05, 0) is 38.0 Å². The third-order valence-corrected chi connectivity index (χ3v) is 2.65. The van der Waals surface area contributed by atoms with E-state index in [1.807, 2.05) is 13.8 Å². The number of anilines is 1. The molecule has 3 N–H and O–H groups in total. The quantitative estimate of drug-likeness (QED) is 0.685. The second-order valence-corrected chi connectivity index (χ2v) is 4.26. The highest BCUT2D eigenvalue weighted by molar-refractivity contribution is 5.93. The van der Waals surface area contributed by atoms with Crippen molar-refractivity contribution in [3.63, 3.8) is 0 Å². The van der Waals surface area contributed by atoms with Crippen molar-refractivity contribution in [2.75, 3.05) is 11.9 Å². The van der Waals surface area contributed by atoms with Gasteiger partial charge in [-0.15, -0.1) is 0 Å². The Morgan fingerprint density at radius 3 is 2.82 bits per heavy atom. The molecule has 1 rings (SSSR count). The van der Waals surface area contributed by atoms with Gasteiger partial charge in [0.05, 0.1) is 12.2 Å². The molecule has 0 saturated heterocycles. The third-order valence-electron chi connectivity index (χ3n) is 2.65. The average molecular weight is 236 g/mol. The van der Waals surface area contributed by atoms with E-state index in [-0.39, 0.29) is 18.2 Å². The zero-order valence-corrected chi connectivity index (χ0v) is 10.6. The number of nitrogens with one attached hydrogen (secondary N) is 2. The van der Waals surface area contributed by atoms with Crippen LogP contribution < -0.4 is 10.6 Å². The lowest BCUT2D eigenvalue weighted by Crippen LogP contribution is -2.33. The van der Waals surface area contributed by atoms with Gasteiger partial charge in [-0.25, -0.2) is 0 Å². The predicted octanol–water partition coefficient (Wildman–Crippen LogP) is 2.03. The van der Waals surface area contributed by atoms with Crippen molar-refractivity contribution >= 4 is 11.6 Å². The Morgan fingerprint density at radius 1 is 1.47 bits per heavy atom. The average Bonchev–Trinajstić information content (AvgIpc) is 2.30. The highest BCUT2D eigenvalue weighted by Crippen LogP contribution is 2.23. The highest BCUT2D eigenvalue weighted by atomic mass is 16.3. The molecule has 1 atom stereocenters. The van der Waals surface area contributed by atoms with Gasteiger partial charge in [0.2, 0.25) is 5.91 Å². The van der Waals surface area contributed by atoms with Crippen LogP contribution in [0.15, 0.2) is 18.2 Å². The second-order valence-electron chi connectivity index (χ2n) is 4.26. The Morgan fingerprint density at radius 2 is 2.18 bits per heavy atom. The second kappa shape index (κ2) is 6.25. The Balaban J connectivity index is 2.53. The smallest absolute Gasteiger partial charge is 0.238 e. The summed E-state index contributed by atoms with van der Waals surface area (Å²) >= 11 is 0. The maximum Gasteiger partial charge on any atom is 0.238 e. The van der Waals surface area contributed by atoms with E-state index in [0.717, 1.165) is 12.0 Å². The van der Waals surface area contributed by atoms with Crippen molar-refractivity contribution in [1.82, 2.24) is 5.32 Å². The molecule has 1 aromatic carbocycles. The SMILES string of the molecule is CCC(C)NCC(=O)Nc1cc(C)ccc1O. The number of aryl methyl sites for hydroxylation is 1. The number of aromatic hydroxyl groups is 1. The molecule has 0 fully saturated rings. The van der Waals surface area contributed by atoms with E-state index >= 15 is 0 Å². The first-order valence-corrected chi connectivity index (χ1v) is 5.85. The standard InChI is InChI=1S/C13H20N2O2/c1-4-10(3)14-8-13(17)15-11-7-9(2)5-6-12(11)16/h5-7,10,14,16H,4,8H2,1-3H3,(H,15,17). The maximum absolute atomic E-state index is 11.6. The number of benzene rings is 1. The van der Waals surface area contributed by atoms with Gasteiger partial charge in [-0.1, -0.05) is 13.0 Å². The van der Waals surface area contributed by atoms with Gasteiger partial charge < -0.3 is 15.7 Å². The van der Waals surface area contributed by atoms with E-state index in [1.165, 1.54) is 0 Å². The Bertz CT molecular complexity index is 391. The first-order chi connectivity index (χ1) is 8.02. The summed E-state index contributed by atoms with van der Waals surface area (Å²) in [5.41, 5.74) is 1.45. The summed E-state index contributed by atoms with van der Waals surface area (Å²) in [5.74, 6) is -0.0568. The minimum atomic E-state index is -0.147. The van der Waals surface area contributed by atoms with Crippen LogP contribution in [0.2, 0.25) is 0 Å². The van der Waals surface area contributed by atoms with Crippen LogP contribution in [0.5, 0.6) is 5.75 Å². The topological polar surface area (TPSA) is 61.4 Å². The molecule has 0 aromatic heterocycles. The Hall–Kier alpha value is -1.55. The molecular weight excluding hydrogens is 216 g/mol. The zero-order valence-electron chi connectivity index (χ0n) is 10.6. The van der Waals surface area contributed by atoms with Crippen LogP contribution in [0.1, 0.15) is 25.8 Å². The number of carbonyl (C=O) groups is 1. The molecule has 4 heteroatoms.